The van der Waals surface area contributed by atoms with Crippen molar-refractivity contribution in [1.29, 1.82) is 0 Å². The minimum Gasteiger partial charge on any atom is -0.466 e. The number of hydrogen-bond acceptors (Lipinski definition) is 4. The van der Waals surface area contributed by atoms with Crippen molar-refractivity contribution in [3.8, 4) is 0 Å². The van der Waals surface area contributed by atoms with E-state index in [1.165, 1.54) is 0 Å². The summed E-state index contributed by atoms with van der Waals surface area (Å²) in [5.41, 5.74) is 0.530. The summed E-state index contributed by atoms with van der Waals surface area (Å²) in [5.74, 6) is 0.627. The standard InChI is InChI=1S/C14H17N3O2/c1-3-19-14(18)11-5-4-8-17(10-11)13-7-6-12(15-2)9-16-13/h6-7,9,11H,3-5,8,10H2,1H3. The van der Waals surface area contributed by atoms with Gasteiger partial charge in [-0.3, -0.25) is 9.78 Å². The summed E-state index contributed by atoms with van der Waals surface area (Å²) in [5, 5.41) is 0. The zero-order chi connectivity index (χ0) is 13.7. The van der Waals surface area contributed by atoms with Crippen LogP contribution in [0.5, 0.6) is 0 Å². The second kappa shape index (κ2) is 6.19. The summed E-state index contributed by atoms with van der Waals surface area (Å²) in [6.45, 7) is 10.7. The molecule has 1 fully saturated rings. The molecule has 1 aromatic rings. The Morgan fingerprint density at radius 3 is 3.11 bits per heavy atom. The quantitative estimate of drug-likeness (QED) is 0.618. The number of pyridine rings is 1. The zero-order valence-corrected chi connectivity index (χ0v) is 11.0. The molecule has 1 aliphatic rings. The Bertz CT molecular complexity index is 478. The summed E-state index contributed by atoms with van der Waals surface area (Å²) in [6, 6.07) is 3.59. The molecule has 1 unspecified atom stereocenters. The molecule has 1 aliphatic heterocycles. The lowest BCUT2D eigenvalue weighted by molar-refractivity contribution is -0.148. The van der Waals surface area contributed by atoms with Crippen LogP contribution >= 0.6 is 0 Å². The monoisotopic (exact) mass is 259 g/mol. The first-order chi connectivity index (χ1) is 9.24. The number of carbonyl (C=O) groups is 1. The fourth-order valence-corrected chi connectivity index (χ4v) is 2.27. The number of aromatic nitrogens is 1. The van der Waals surface area contributed by atoms with E-state index in [0.29, 0.717) is 18.8 Å². The average molecular weight is 259 g/mol. The van der Waals surface area contributed by atoms with Gasteiger partial charge in [0.05, 0.1) is 19.1 Å². The van der Waals surface area contributed by atoms with Gasteiger partial charge in [-0.1, -0.05) is 6.07 Å². The van der Waals surface area contributed by atoms with Gasteiger partial charge in [0.2, 0.25) is 5.69 Å². The summed E-state index contributed by atoms with van der Waals surface area (Å²) >= 11 is 0. The van der Waals surface area contributed by atoms with Crippen molar-refractivity contribution in [2.45, 2.75) is 19.8 Å². The number of carbonyl (C=O) groups excluding carboxylic acids is 1. The number of rotatable bonds is 3. The van der Waals surface area contributed by atoms with Gasteiger partial charge in [0.15, 0.2) is 0 Å². The molecule has 0 radical (unpaired) electrons. The molecule has 0 N–H and O–H groups in total. The van der Waals surface area contributed by atoms with E-state index in [4.69, 9.17) is 11.3 Å². The highest BCUT2D eigenvalue weighted by atomic mass is 16.5. The van der Waals surface area contributed by atoms with E-state index >= 15 is 0 Å². The molecule has 2 heterocycles. The number of ether oxygens (including phenoxy) is 1. The van der Waals surface area contributed by atoms with Gasteiger partial charge in [0.1, 0.15) is 5.82 Å². The third kappa shape index (κ3) is 3.22. The Labute approximate surface area is 113 Å². The van der Waals surface area contributed by atoms with Crippen LogP contribution in [-0.2, 0) is 9.53 Å². The Balaban J connectivity index is 2.04. The lowest BCUT2D eigenvalue weighted by Crippen LogP contribution is -2.39. The Morgan fingerprint density at radius 1 is 1.63 bits per heavy atom. The van der Waals surface area contributed by atoms with E-state index < -0.39 is 0 Å². The van der Waals surface area contributed by atoms with Crippen molar-refractivity contribution in [2.75, 3.05) is 24.6 Å². The van der Waals surface area contributed by atoms with E-state index in [0.717, 1.165) is 25.2 Å². The summed E-state index contributed by atoms with van der Waals surface area (Å²) in [7, 11) is 0. The van der Waals surface area contributed by atoms with Crippen LogP contribution in [-0.4, -0.2) is 30.6 Å². The van der Waals surface area contributed by atoms with E-state index in [2.05, 4.69) is 14.7 Å². The molecule has 1 aromatic heterocycles. The van der Waals surface area contributed by atoms with Crippen molar-refractivity contribution < 1.29 is 9.53 Å². The predicted octanol–water partition coefficient (Wildman–Crippen LogP) is 2.41. The molecule has 5 nitrogen and oxygen atoms in total. The zero-order valence-electron chi connectivity index (χ0n) is 11.0. The SMILES string of the molecule is [C-]#[N+]c1ccc(N2CCCC(C(=O)OCC)C2)nc1. The van der Waals surface area contributed by atoms with Crippen molar-refractivity contribution in [3.05, 3.63) is 29.7 Å². The highest BCUT2D eigenvalue weighted by Crippen LogP contribution is 2.23. The summed E-state index contributed by atoms with van der Waals surface area (Å²) in [4.78, 5) is 21.4. The van der Waals surface area contributed by atoms with E-state index in [9.17, 15) is 4.79 Å². The largest absolute Gasteiger partial charge is 0.466 e. The Hall–Kier alpha value is -2.09. The molecule has 19 heavy (non-hydrogen) atoms. The molecule has 2 rings (SSSR count). The maximum absolute atomic E-state index is 11.8. The molecule has 0 aromatic carbocycles. The van der Waals surface area contributed by atoms with Gasteiger partial charge in [-0.05, 0) is 25.8 Å². The van der Waals surface area contributed by atoms with Crippen molar-refractivity contribution in [3.63, 3.8) is 0 Å². The first-order valence-electron chi connectivity index (χ1n) is 6.49. The van der Waals surface area contributed by atoms with Crippen LogP contribution in [0.15, 0.2) is 18.3 Å². The topological polar surface area (TPSA) is 46.8 Å². The normalized spacial score (nSPS) is 18.7. The maximum atomic E-state index is 11.8. The number of piperidine rings is 1. The summed E-state index contributed by atoms with van der Waals surface area (Å²) < 4.78 is 5.08. The van der Waals surface area contributed by atoms with Crippen molar-refractivity contribution in [2.24, 2.45) is 5.92 Å². The second-order valence-corrected chi connectivity index (χ2v) is 4.52. The van der Waals surface area contributed by atoms with Gasteiger partial charge in [-0.2, -0.15) is 0 Å². The smallest absolute Gasteiger partial charge is 0.310 e. The van der Waals surface area contributed by atoms with Gasteiger partial charge in [0, 0.05) is 19.3 Å². The lowest BCUT2D eigenvalue weighted by atomic mass is 9.98. The first-order valence-corrected chi connectivity index (χ1v) is 6.49. The van der Waals surface area contributed by atoms with E-state index in [-0.39, 0.29) is 11.9 Å². The second-order valence-electron chi connectivity index (χ2n) is 4.52. The maximum Gasteiger partial charge on any atom is 0.310 e. The van der Waals surface area contributed by atoms with Gasteiger partial charge >= 0.3 is 5.97 Å². The molecule has 0 spiro atoms. The molecule has 0 bridgehead atoms. The Morgan fingerprint density at radius 2 is 2.47 bits per heavy atom. The molecule has 1 atom stereocenters. The molecule has 1 saturated heterocycles. The third-order valence-corrected chi connectivity index (χ3v) is 3.23. The van der Waals surface area contributed by atoms with Crippen molar-refractivity contribution >= 4 is 17.5 Å². The lowest BCUT2D eigenvalue weighted by Gasteiger charge is -2.32. The highest BCUT2D eigenvalue weighted by molar-refractivity contribution is 5.73. The molecular formula is C14H17N3O2. The summed E-state index contributed by atoms with van der Waals surface area (Å²) in [6.07, 6.45) is 3.39. The molecule has 5 heteroatoms. The van der Waals surface area contributed by atoms with Crippen LogP contribution in [0.1, 0.15) is 19.8 Å². The van der Waals surface area contributed by atoms with Gasteiger partial charge in [-0.15, -0.1) is 0 Å². The molecule has 0 aliphatic carbocycles. The van der Waals surface area contributed by atoms with Gasteiger partial charge < -0.3 is 9.64 Å². The minimum atomic E-state index is -0.120. The molecule has 0 amide bonds. The average Bonchev–Trinajstić information content (AvgIpc) is 2.48. The van der Waals surface area contributed by atoms with E-state index in [1.54, 1.807) is 12.3 Å². The predicted molar refractivity (Wildman–Crippen MR) is 72.1 cm³/mol. The molecule has 100 valence electrons. The van der Waals surface area contributed by atoms with Gasteiger partial charge in [0.25, 0.3) is 0 Å². The molecular weight excluding hydrogens is 242 g/mol. The van der Waals surface area contributed by atoms with E-state index in [1.807, 2.05) is 13.0 Å². The van der Waals surface area contributed by atoms with Gasteiger partial charge in [-0.25, -0.2) is 4.85 Å². The number of anilines is 1. The van der Waals surface area contributed by atoms with Crippen LogP contribution in [0.3, 0.4) is 0 Å². The van der Waals surface area contributed by atoms with Crippen LogP contribution in [0.25, 0.3) is 4.85 Å². The number of hydrogen-bond donors (Lipinski definition) is 0. The third-order valence-electron chi connectivity index (χ3n) is 3.23. The molecule has 0 saturated carbocycles. The highest BCUT2D eigenvalue weighted by Gasteiger charge is 2.27. The number of esters is 1. The van der Waals surface area contributed by atoms with Crippen LogP contribution < -0.4 is 4.90 Å². The van der Waals surface area contributed by atoms with Crippen LogP contribution in [0.2, 0.25) is 0 Å². The fraction of sp³-hybridized carbons (Fsp3) is 0.500. The first kappa shape index (κ1) is 13.3. The van der Waals surface area contributed by atoms with Crippen LogP contribution in [0, 0.1) is 12.5 Å². The minimum absolute atomic E-state index is 0.0731. The Kier molecular flexibility index (Phi) is 4.35. The van der Waals surface area contributed by atoms with Crippen molar-refractivity contribution in [1.82, 2.24) is 4.98 Å². The number of nitrogens with zero attached hydrogens (tertiary/aromatic N) is 3. The van der Waals surface area contributed by atoms with Crippen LogP contribution in [0.4, 0.5) is 11.5 Å². The fourth-order valence-electron chi connectivity index (χ4n) is 2.27.